The van der Waals surface area contributed by atoms with Crippen LogP contribution in [0.3, 0.4) is 0 Å². The largest absolute Gasteiger partial charge is 0.488 e. The second-order valence-electron chi connectivity index (χ2n) is 6.95. The van der Waals surface area contributed by atoms with E-state index in [-0.39, 0.29) is 12.0 Å². The van der Waals surface area contributed by atoms with Crippen molar-refractivity contribution in [2.24, 2.45) is 5.92 Å². The van der Waals surface area contributed by atoms with Gasteiger partial charge in [-0.2, -0.15) is 0 Å². The summed E-state index contributed by atoms with van der Waals surface area (Å²) in [5.41, 5.74) is 1.22. The highest BCUT2D eigenvalue weighted by atomic mass is 16.5. The van der Waals surface area contributed by atoms with Gasteiger partial charge in [0.15, 0.2) is 0 Å². The van der Waals surface area contributed by atoms with E-state index in [9.17, 15) is 5.11 Å². The summed E-state index contributed by atoms with van der Waals surface area (Å²) in [6, 6.07) is 8.62. The second-order valence-corrected chi connectivity index (χ2v) is 6.95. The number of hydrogen-bond donors (Lipinski definition) is 2. The van der Waals surface area contributed by atoms with E-state index in [0.717, 1.165) is 57.6 Å². The first-order valence-electron chi connectivity index (χ1n) is 8.95. The highest BCUT2D eigenvalue weighted by Gasteiger charge is 2.33. The van der Waals surface area contributed by atoms with Crippen molar-refractivity contribution in [1.29, 1.82) is 0 Å². The Bertz CT molecular complexity index is 470. The van der Waals surface area contributed by atoms with E-state index in [2.05, 4.69) is 24.4 Å². The molecule has 0 aromatic heterocycles. The minimum Gasteiger partial charge on any atom is -0.488 e. The van der Waals surface area contributed by atoms with E-state index in [1.807, 2.05) is 12.1 Å². The summed E-state index contributed by atoms with van der Waals surface area (Å²) >= 11 is 0. The molecule has 4 nitrogen and oxygen atoms in total. The van der Waals surface area contributed by atoms with Crippen LogP contribution in [-0.4, -0.2) is 43.1 Å². The molecule has 128 valence electrons. The fourth-order valence-electron chi connectivity index (χ4n) is 3.59. The molecule has 1 heterocycles. The van der Waals surface area contributed by atoms with Gasteiger partial charge in [0, 0.05) is 31.7 Å². The summed E-state index contributed by atoms with van der Waals surface area (Å²) in [5, 5.41) is 14.3. The highest BCUT2D eigenvalue weighted by Crippen LogP contribution is 2.28. The number of benzene rings is 1. The molecule has 0 radical (unpaired) electrons. The molecule has 2 aliphatic rings. The lowest BCUT2D eigenvalue weighted by Gasteiger charge is -2.36. The Morgan fingerprint density at radius 1 is 1.13 bits per heavy atom. The van der Waals surface area contributed by atoms with Crippen molar-refractivity contribution in [3.8, 4) is 5.75 Å². The SMILES string of the molecule is Cc1ccc(O[C@@H]2CCC[C@H](CNC3CCOCC3)[C@H]2O)cc1. The fraction of sp³-hybridized carbons (Fsp3) is 0.684. The number of aliphatic hydroxyl groups excluding tert-OH is 1. The highest BCUT2D eigenvalue weighted by molar-refractivity contribution is 5.26. The third kappa shape index (κ3) is 4.69. The molecule has 3 rings (SSSR count). The van der Waals surface area contributed by atoms with Crippen LogP contribution in [0.25, 0.3) is 0 Å². The Morgan fingerprint density at radius 3 is 2.61 bits per heavy atom. The molecule has 23 heavy (non-hydrogen) atoms. The van der Waals surface area contributed by atoms with E-state index in [1.54, 1.807) is 0 Å². The van der Waals surface area contributed by atoms with Crippen LogP contribution in [0.15, 0.2) is 24.3 Å². The van der Waals surface area contributed by atoms with Crippen LogP contribution in [0.4, 0.5) is 0 Å². The first kappa shape index (κ1) is 16.7. The van der Waals surface area contributed by atoms with Crippen LogP contribution < -0.4 is 10.1 Å². The zero-order chi connectivity index (χ0) is 16.1. The summed E-state index contributed by atoms with van der Waals surface area (Å²) in [5.74, 6) is 1.14. The van der Waals surface area contributed by atoms with Crippen LogP contribution in [0.5, 0.6) is 5.75 Å². The molecule has 0 bridgehead atoms. The Morgan fingerprint density at radius 2 is 1.87 bits per heavy atom. The van der Waals surface area contributed by atoms with Gasteiger partial charge in [-0.1, -0.05) is 17.7 Å². The number of ether oxygens (including phenoxy) is 2. The molecule has 1 saturated heterocycles. The summed E-state index contributed by atoms with van der Waals surface area (Å²) in [6.07, 6.45) is 4.80. The number of hydrogen-bond acceptors (Lipinski definition) is 4. The number of aryl methyl sites for hydroxylation is 1. The number of rotatable bonds is 5. The van der Waals surface area contributed by atoms with Crippen molar-refractivity contribution >= 4 is 0 Å². The predicted molar refractivity (Wildman–Crippen MR) is 90.8 cm³/mol. The molecule has 2 fully saturated rings. The maximum Gasteiger partial charge on any atom is 0.125 e. The molecule has 1 saturated carbocycles. The molecule has 1 aromatic carbocycles. The molecule has 0 spiro atoms. The van der Waals surface area contributed by atoms with Gasteiger partial charge in [-0.25, -0.2) is 0 Å². The van der Waals surface area contributed by atoms with E-state index in [1.165, 1.54) is 5.56 Å². The Balaban J connectivity index is 1.50. The maximum absolute atomic E-state index is 10.7. The maximum atomic E-state index is 10.7. The normalized spacial score (nSPS) is 29.4. The third-order valence-electron chi connectivity index (χ3n) is 5.13. The molecule has 1 aliphatic carbocycles. The van der Waals surface area contributed by atoms with Gasteiger partial charge in [0.2, 0.25) is 0 Å². The van der Waals surface area contributed by atoms with Crippen LogP contribution in [0, 0.1) is 12.8 Å². The predicted octanol–water partition coefficient (Wildman–Crippen LogP) is 2.67. The van der Waals surface area contributed by atoms with Gasteiger partial charge in [0.05, 0.1) is 6.10 Å². The lowest BCUT2D eigenvalue weighted by atomic mass is 9.84. The Kier molecular flexibility index (Phi) is 5.92. The molecular formula is C19H29NO3. The smallest absolute Gasteiger partial charge is 0.125 e. The monoisotopic (exact) mass is 319 g/mol. The topological polar surface area (TPSA) is 50.7 Å². The lowest BCUT2D eigenvalue weighted by molar-refractivity contribution is -0.0323. The van der Waals surface area contributed by atoms with Crippen molar-refractivity contribution in [3.63, 3.8) is 0 Å². The quantitative estimate of drug-likeness (QED) is 0.876. The van der Waals surface area contributed by atoms with Gasteiger partial charge in [0.25, 0.3) is 0 Å². The van der Waals surface area contributed by atoms with Gasteiger partial charge in [-0.15, -0.1) is 0 Å². The second kappa shape index (κ2) is 8.13. The molecule has 0 amide bonds. The lowest BCUT2D eigenvalue weighted by Crippen LogP contribution is -2.47. The molecule has 1 aliphatic heterocycles. The fourth-order valence-corrected chi connectivity index (χ4v) is 3.59. The van der Waals surface area contributed by atoms with Crippen LogP contribution in [-0.2, 0) is 4.74 Å². The van der Waals surface area contributed by atoms with Gasteiger partial charge in [-0.3, -0.25) is 0 Å². The Labute approximate surface area is 139 Å². The molecule has 3 atom stereocenters. The average Bonchev–Trinajstić information content (AvgIpc) is 2.58. The van der Waals surface area contributed by atoms with Crippen LogP contribution in [0.2, 0.25) is 0 Å². The average molecular weight is 319 g/mol. The van der Waals surface area contributed by atoms with Gasteiger partial charge in [-0.05, 0) is 51.2 Å². The molecule has 4 heteroatoms. The summed E-state index contributed by atoms with van der Waals surface area (Å²) in [7, 11) is 0. The zero-order valence-corrected chi connectivity index (χ0v) is 14.0. The molecule has 2 N–H and O–H groups in total. The Hall–Kier alpha value is -1.10. The van der Waals surface area contributed by atoms with Crippen LogP contribution >= 0.6 is 0 Å². The van der Waals surface area contributed by atoms with E-state index >= 15 is 0 Å². The number of aliphatic hydroxyl groups is 1. The minimum absolute atomic E-state index is 0.0899. The molecule has 0 unspecified atom stereocenters. The first-order chi connectivity index (χ1) is 11.2. The number of nitrogens with one attached hydrogen (secondary N) is 1. The molecular weight excluding hydrogens is 290 g/mol. The van der Waals surface area contributed by atoms with E-state index in [0.29, 0.717) is 6.04 Å². The van der Waals surface area contributed by atoms with Crippen molar-refractivity contribution in [2.45, 2.75) is 57.3 Å². The first-order valence-corrected chi connectivity index (χ1v) is 8.95. The zero-order valence-electron chi connectivity index (χ0n) is 14.0. The van der Waals surface area contributed by atoms with Crippen molar-refractivity contribution < 1.29 is 14.6 Å². The van der Waals surface area contributed by atoms with E-state index in [4.69, 9.17) is 9.47 Å². The van der Waals surface area contributed by atoms with Crippen molar-refractivity contribution in [1.82, 2.24) is 5.32 Å². The van der Waals surface area contributed by atoms with Gasteiger partial charge >= 0.3 is 0 Å². The van der Waals surface area contributed by atoms with Gasteiger partial charge < -0.3 is 19.9 Å². The summed E-state index contributed by atoms with van der Waals surface area (Å²) in [4.78, 5) is 0. The minimum atomic E-state index is -0.391. The molecule has 1 aromatic rings. The van der Waals surface area contributed by atoms with Crippen molar-refractivity contribution in [2.75, 3.05) is 19.8 Å². The standard InChI is InChI=1S/C19H29NO3/c1-14-5-7-17(8-6-14)23-18-4-2-3-15(19(18)21)13-20-16-9-11-22-12-10-16/h5-8,15-16,18-21H,2-4,9-13H2,1H3/t15-,18-,19-/m1/s1. The van der Waals surface area contributed by atoms with Crippen LogP contribution in [0.1, 0.15) is 37.7 Å². The summed E-state index contributed by atoms with van der Waals surface area (Å²) in [6.45, 7) is 4.64. The van der Waals surface area contributed by atoms with Gasteiger partial charge in [0.1, 0.15) is 11.9 Å². The summed E-state index contributed by atoms with van der Waals surface area (Å²) < 4.78 is 11.4. The van der Waals surface area contributed by atoms with E-state index < -0.39 is 6.10 Å². The van der Waals surface area contributed by atoms with Crippen molar-refractivity contribution in [3.05, 3.63) is 29.8 Å². The third-order valence-corrected chi connectivity index (χ3v) is 5.13.